The van der Waals surface area contributed by atoms with Crippen LogP contribution in [0, 0.1) is 13.8 Å². The second-order valence-corrected chi connectivity index (χ2v) is 9.07. The molecule has 0 saturated carbocycles. The van der Waals surface area contributed by atoms with Crippen molar-refractivity contribution >= 4 is 45.6 Å². The van der Waals surface area contributed by atoms with Crippen LogP contribution < -0.4 is 15.5 Å². The summed E-state index contributed by atoms with van der Waals surface area (Å²) in [4.78, 5) is 38.7. The molecule has 0 radical (unpaired) electrons. The Morgan fingerprint density at radius 2 is 1.91 bits per heavy atom. The highest BCUT2D eigenvalue weighted by molar-refractivity contribution is 7.15. The number of hydrogen-bond donors (Lipinski definition) is 2. The topological polar surface area (TPSA) is 104 Å². The minimum atomic E-state index is -0.343. The lowest BCUT2D eigenvalue weighted by molar-refractivity contribution is -0.117. The Balaban J connectivity index is 1.42. The van der Waals surface area contributed by atoms with E-state index < -0.39 is 0 Å². The van der Waals surface area contributed by atoms with E-state index in [1.54, 1.807) is 36.1 Å². The summed E-state index contributed by atoms with van der Waals surface area (Å²) in [5.74, 6) is -0.489. The normalized spacial score (nSPS) is 15.5. The molecule has 8 nitrogen and oxygen atoms in total. The average molecular weight is 464 g/mol. The highest BCUT2D eigenvalue weighted by Gasteiger charge is 2.34. The summed E-state index contributed by atoms with van der Waals surface area (Å²) in [7, 11) is 0. The van der Waals surface area contributed by atoms with Gasteiger partial charge in [0.2, 0.25) is 16.9 Å². The molecule has 0 spiro atoms. The molecule has 2 aromatic carbocycles. The zero-order valence-electron chi connectivity index (χ0n) is 18.7. The molecule has 170 valence electrons. The Bertz CT molecular complexity index is 1220. The van der Waals surface area contributed by atoms with Crippen molar-refractivity contribution in [1.29, 1.82) is 0 Å². The molecule has 1 saturated heterocycles. The molecule has 1 aromatic heterocycles. The standard InChI is InChI=1S/C24H25N5O3S/c1-4-20(30)25-18-7-5-6-16(11-18)22(32)26-24-28-27-23(33-24)17-12-21(31)29(13-17)19-9-8-14(2)15(3)10-19/h5-11,17H,4,12-13H2,1-3H3,(H,25,30)(H,26,28,32)/t17-/m1/s1. The number of hydrogen-bond acceptors (Lipinski definition) is 6. The molecule has 1 aliphatic heterocycles. The van der Waals surface area contributed by atoms with Crippen LogP contribution >= 0.6 is 11.3 Å². The zero-order valence-corrected chi connectivity index (χ0v) is 19.5. The summed E-state index contributed by atoms with van der Waals surface area (Å²) in [5, 5.41) is 14.9. The number of rotatable bonds is 6. The molecule has 2 heterocycles. The molecule has 3 aromatic rings. The van der Waals surface area contributed by atoms with E-state index in [2.05, 4.69) is 20.8 Å². The van der Waals surface area contributed by atoms with Crippen LogP contribution in [0.15, 0.2) is 42.5 Å². The molecule has 3 amide bonds. The third-order valence-corrected chi connectivity index (χ3v) is 6.67. The Kier molecular flexibility index (Phi) is 6.50. The first kappa shape index (κ1) is 22.6. The van der Waals surface area contributed by atoms with E-state index in [-0.39, 0.29) is 23.6 Å². The smallest absolute Gasteiger partial charge is 0.257 e. The van der Waals surface area contributed by atoms with Crippen molar-refractivity contribution in [3.05, 3.63) is 64.2 Å². The fourth-order valence-corrected chi connectivity index (χ4v) is 4.45. The SMILES string of the molecule is CCC(=O)Nc1cccc(C(=O)Nc2nnc([C@@H]3CC(=O)N(c4ccc(C)c(C)c4)C3)s2)c1. The molecule has 33 heavy (non-hydrogen) atoms. The maximum atomic E-state index is 12.7. The molecule has 0 unspecified atom stereocenters. The first-order valence-electron chi connectivity index (χ1n) is 10.8. The van der Waals surface area contributed by atoms with E-state index in [0.717, 1.165) is 11.3 Å². The lowest BCUT2D eigenvalue weighted by Crippen LogP contribution is -2.24. The molecule has 1 aliphatic rings. The minimum Gasteiger partial charge on any atom is -0.326 e. The van der Waals surface area contributed by atoms with Crippen molar-refractivity contribution in [3.63, 3.8) is 0 Å². The molecule has 2 N–H and O–H groups in total. The van der Waals surface area contributed by atoms with Crippen LogP contribution in [0.5, 0.6) is 0 Å². The summed E-state index contributed by atoms with van der Waals surface area (Å²) >= 11 is 1.27. The largest absolute Gasteiger partial charge is 0.326 e. The van der Waals surface area contributed by atoms with E-state index >= 15 is 0 Å². The van der Waals surface area contributed by atoms with Gasteiger partial charge in [-0.3, -0.25) is 19.7 Å². The Hall–Kier alpha value is -3.59. The van der Waals surface area contributed by atoms with Gasteiger partial charge in [0.25, 0.3) is 5.91 Å². The van der Waals surface area contributed by atoms with E-state index in [9.17, 15) is 14.4 Å². The van der Waals surface area contributed by atoms with Crippen LogP contribution in [0.25, 0.3) is 0 Å². The summed E-state index contributed by atoms with van der Waals surface area (Å²) in [5.41, 5.74) is 4.17. The number of anilines is 3. The van der Waals surface area contributed by atoms with Gasteiger partial charge in [0.15, 0.2) is 0 Å². The highest BCUT2D eigenvalue weighted by atomic mass is 32.1. The van der Waals surface area contributed by atoms with Gasteiger partial charge in [0, 0.05) is 42.2 Å². The van der Waals surface area contributed by atoms with Crippen LogP contribution in [0.2, 0.25) is 0 Å². The number of nitrogens with zero attached hydrogens (tertiary/aromatic N) is 3. The van der Waals surface area contributed by atoms with E-state index in [1.165, 1.54) is 16.9 Å². The van der Waals surface area contributed by atoms with Gasteiger partial charge in [0.1, 0.15) is 5.01 Å². The fraction of sp³-hybridized carbons (Fsp3) is 0.292. The minimum absolute atomic E-state index is 0.0509. The van der Waals surface area contributed by atoms with Gasteiger partial charge < -0.3 is 10.2 Å². The summed E-state index contributed by atoms with van der Waals surface area (Å²) < 4.78 is 0. The number of carbonyl (C=O) groups excluding carboxylic acids is 3. The number of carbonyl (C=O) groups is 3. The second kappa shape index (κ2) is 9.50. The van der Waals surface area contributed by atoms with Gasteiger partial charge in [-0.05, 0) is 55.3 Å². The zero-order chi connectivity index (χ0) is 23.5. The van der Waals surface area contributed by atoms with E-state index in [0.29, 0.717) is 40.8 Å². The maximum Gasteiger partial charge on any atom is 0.257 e. The van der Waals surface area contributed by atoms with Crippen LogP contribution in [-0.2, 0) is 9.59 Å². The van der Waals surface area contributed by atoms with Crippen LogP contribution in [-0.4, -0.2) is 34.5 Å². The number of benzene rings is 2. The van der Waals surface area contributed by atoms with Crippen molar-refractivity contribution in [1.82, 2.24) is 10.2 Å². The lowest BCUT2D eigenvalue weighted by atomic mass is 10.1. The number of aryl methyl sites for hydroxylation is 2. The Labute approximate surface area is 196 Å². The predicted molar refractivity (Wildman–Crippen MR) is 129 cm³/mol. The monoisotopic (exact) mass is 463 g/mol. The molecule has 0 bridgehead atoms. The van der Waals surface area contributed by atoms with E-state index in [1.807, 2.05) is 32.0 Å². The predicted octanol–water partition coefficient (Wildman–Crippen LogP) is 4.28. The number of nitrogens with one attached hydrogen (secondary N) is 2. The lowest BCUT2D eigenvalue weighted by Gasteiger charge is -2.17. The first-order chi connectivity index (χ1) is 15.8. The van der Waals surface area contributed by atoms with Crippen LogP contribution in [0.3, 0.4) is 0 Å². The van der Waals surface area contributed by atoms with Gasteiger partial charge in [-0.1, -0.05) is 30.4 Å². The van der Waals surface area contributed by atoms with Crippen molar-refractivity contribution in [3.8, 4) is 0 Å². The average Bonchev–Trinajstić information content (AvgIpc) is 3.42. The second-order valence-electron chi connectivity index (χ2n) is 8.06. The van der Waals surface area contributed by atoms with Crippen LogP contribution in [0.4, 0.5) is 16.5 Å². The summed E-state index contributed by atoms with van der Waals surface area (Å²) in [6.45, 7) is 6.37. The summed E-state index contributed by atoms with van der Waals surface area (Å²) in [6.07, 6.45) is 0.712. The third-order valence-electron chi connectivity index (χ3n) is 5.67. The van der Waals surface area contributed by atoms with Gasteiger partial charge >= 0.3 is 0 Å². The molecule has 9 heteroatoms. The van der Waals surface area contributed by atoms with Gasteiger partial charge in [-0.15, -0.1) is 10.2 Å². The molecular formula is C24H25N5O3S. The van der Waals surface area contributed by atoms with Crippen molar-refractivity contribution in [2.24, 2.45) is 0 Å². The molecule has 0 aliphatic carbocycles. The Morgan fingerprint density at radius 3 is 2.67 bits per heavy atom. The van der Waals surface area contributed by atoms with E-state index in [4.69, 9.17) is 0 Å². The van der Waals surface area contributed by atoms with Gasteiger partial charge in [-0.25, -0.2) is 0 Å². The molecule has 1 fully saturated rings. The van der Waals surface area contributed by atoms with Crippen molar-refractivity contribution in [2.75, 3.05) is 22.1 Å². The number of amides is 3. The molecule has 1 atom stereocenters. The first-order valence-corrected chi connectivity index (χ1v) is 11.6. The maximum absolute atomic E-state index is 12.7. The molecular weight excluding hydrogens is 438 g/mol. The number of aromatic nitrogens is 2. The third kappa shape index (κ3) is 5.09. The highest BCUT2D eigenvalue weighted by Crippen LogP contribution is 2.34. The quantitative estimate of drug-likeness (QED) is 0.568. The van der Waals surface area contributed by atoms with Crippen molar-refractivity contribution < 1.29 is 14.4 Å². The van der Waals surface area contributed by atoms with Gasteiger partial charge in [-0.2, -0.15) is 0 Å². The van der Waals surface area contributed by atoms with Gasteiger partial charge in [0.05, 0.1) is 0 Å². The Morgan fingerprint density at radius 1 is 1.09 bits per heavy atom. The summed E-state index contributed by atoms with van der Waals surface area (Å²) in [6, 6.07) is 12.7. The molecule has 4 rings (SSSR count). The fourth-order valence-electron chi connectivity index (χ4n) is 3.62. The van der Waals surface area contributed by atoms with Crippen LogP contribution in [0.1, 0.15) is 52.2 Å². The van der Waals surface area contributed by atoms with Crippen molar-refractivity contribution in [2.45, 2.75) is 39.5 Å².